The number of aryl methyl sites for hydroxylation is 1. The van der Waals surface area contributed by atoms with Gasteiger partial charge in [-0.2, -0.15) is 0 Å². The van der Waals surface area contributed by atoms with Crippen molar-refractivity contribution in [3.8, 4) is 0 Å². The number of rotatable bonds is 6. The van der Waals surface area contributed by atoms with Gasteiger partial charge in [0.25, 0.3) is 0 Å². The first-order valence-corrected chi connectivity index (χ1v) is 7.91. The molecule has 0 heterocycles. The van der Waals surface area contributed by atoms with Crippen molar-refractivity contribution in [2.75, 3.05) is 5.32 Å². The average molecular weight is 377 g/mol. The maximum absolute atomic E-state index is 12.2. The fraction of sp³-hybridized carbons (Fsp3) is 0.467. The molecular formula is C15H19BrClNO3. The molecule has 0 spiro atoms. The Morgan fingerprint density at radius 3 is 2.38 bits per heavy atom. The third kappa shape index (κ3) is 4.20. The molecule has 0 aliphatic heterocycles. The number of hydrogen-bond donors (Lipinski definition) is 2. The SMILES string of the molecule is CCC(CC)(CC(=O)Nc1cc(Cl)c(C)cc1Br)C(=O)O. The van der Waals surface area contributed by atoms with Gasteiger partial charge in [0.1, 0.15) is 0 Å². The van der Waals surface area contributed by atoms with Gasteiger partial charge in [-0.05, 0) is 53.4 Å². The van der Waals surface area contributed by atoms with E-state index in [4.69, 9.17) is 11.6 Å². The summed E-state index contributed by atoms with van der Waals surface area (Å²) in [6.07, 6.45) is 0.747. The molecule has 116 valence electrons. The van der Waals surface area contributed by atoms with Crippen molar-refractivity contribution >= 4 is 45.1 Å². The predicted molar refractivity (Wildman–Crippen MR) is 87.8 cm³/mol. The second-order valence-electron chi connectivity index (χ2n) is 5.10. The van der Waals surface area contributed by atoms with Crippen LogP contribution in [0, 0.1) is 12.3 Å². The molecule has 1 amide bonds. The van der Waals surface area contributed by atoms with E-state index in [-0.39, 0.29) is 12.3 Å². The Morgan fingerprint density at radius 2 is 1.90 bits per heavy atom. The second kappa shape index (κ2) is 7.27. The highest BCUT2D eigenvalue weighted by atomic mass is 79.9. The van der Waals surface area contributed by atoms with Crippen molar-refractivity contribution in [3.05, 3.63) is 27.2 Å². The Morgan fingerprint density at radius 1 is 1.33 bits per heavy atom. The van der Waals surface area contributed by atoms with Crippen molar-refractivity contribution in [3.63, 3.8) is 0 Å². The number of carboxylic acids is 1. The van der Waals surface area contributed by atoms with Crippen LogP contribution in [0.2, 0.25) is 5.02 Å². The minimum atomic E-state index is -1.02. The standard InChI is InChI=1S/C15H19BrClNO3/c1-4-15(5-2,14(20)21)8-13(19)18-12-7-11(17)9(3)6-10(12)16/h6-7H,4-5,8H2,1-3H3,(H,18,19)(H,20,21). The van der Waals surface area contributed by atoms with E-state index in [9.17, 15) is 14.7 Å². The van der Waals surface area contributed by atoms with Gasteiger partial charge in [-0.3, -0.25) is 9.59 Å². The predicted octanol–water partition coefficient (Wildman–Crippen LogP) is 4.63. The summed E-state index contributed by atoms with van der Waals surface area (Å²) < 4.78 is 0.715. The van der Waals surface area contributed by atoms with E-state index in [1.807, 2.05) is 13.0 Å². The van der Waals surface area contributed by atoms with Gasteiger partial charge in [0.2, 0.25) is 5.91 Å². The quantitative estimate of drug-likeness (QED) is 0.760. The van der Waals surface area contributed by atoms with Gasteiger partial charge in [-0.1, -0.05) is 25.4 Å². The maximum Gasteiger partial charge on any atom is 0.310 e. The molecule has 1 aromatic rings. The lowest BCUT2D eigenvalue weighted by atomic mass is 9.79. The molecule has 0 saturated carbocycles. The van der Waals surface area contributed by atoms with Gasteiger partial charge < -0.3 is 10.4 Å². The first kappa shape index (κ1) is 18.0. The number of hydrogen-bond acceptors (Lipinski definition) is 2. The van der Waals surface area contributed by atoms with Gasteiger partial charge in [0.05, 0.1) is 11.1 Å². The van der Waals surface area contributed by atoms with Crippen LogP contribution in [0.25, 0.3) is 0 Å². The molecule has 0 unspecified atom stereocenters. The van der Waals surface area contributed by atoms with Crippen LogP contribution in [0.4, 0.5) is 5.69 Å². The number of carboxylic acid groups (broad SMARTS) is 1. The molecule has 4 nitrogen and oxygen atoms in total. The van der Waals surface area contributed by atoms with E-state index in [0.717, 1.165) is 5.56 Å². The second-order valence-corrected chi connectivity index (χ2v) is 6.36. The summed E-state index contributed by atoms with van der Waals surface area (Å²) in [5.74, 6) is -1.27. The lowest BCUT2D eigenvalue weighted by Crippen LogP contribution is -2.34. The third-order valence-corrected chi connectivity index (χ3v) is 4.89. The average Bonchev–Trinajstić information content (AvgIpc) is 2.42. The number of halogens is 2. The minimum Gasteiger partial charge on any atom is -0.481 e. The number of amides is 1. The molecule has 21 heavy (non-hydrogen) atoms. The van der Waals surface area contributed by atoms with E-state index < -0.39 is 11.4 Å². The fourth-order valence-corrected chi connectivity index (χ4v) is 2.84. The van der Waals surface area contributed by atoms with Gasteiger partial charge in [-0.25, -0.2) is 0 Å². The van der Waals surface area contributed by atoms with Crippen molar-refractivity contribution in [1.29, 1.82) is 0 Å². The molecule has 0 saturated heterocycles. The molecule has 0 aliphatic carbocycles. The lowest BCUT2D eigenvalue weighted by Gasteiger charge is -2.26. The van der Waals surface area contributed by atoms with E-state index in [0.29, 0.717) is 28.0 Å². The van der Waals surface area contributed by atoms with E-state index in [1.165, 1.54) is 0 Å². The number of anilines is 1. The van der Waals surface area contributed by atoms with Gasteiger partial charge in [0.15, 0.2) is 0 Å². The number of nitrogens with one attached hydrogen (secondary N) is 1. The molecule has 0 aliphatic rings. The maximum atomic E-state index is 12.2. The van der Waals surface area contributed by atoms with Crippen LogP contribution >= 0.6 is 27.5 Å². The monoisotopic (exact) mass is 375 g/mol. The molecule has 0 fully saturated rings. The first-order valence-electron chi connectivity index (χ1n) is 6.74. The zero-order valence-corrected chi connectivity index (χ0v) is 14.6. The summed E-state index contributed by atoms with van der Waals surface area (Å²) >= 11 is 9.40. The number of carbonyl (C=O) groups is 2. The van der Waals surface area contributed by atoms with E-state index in [2.05, 4.69) is 21.2 Å². The molecule has 0 atom stereocenters. The van der Waals surface area contributed by atoms with Crippen LogP contribution < -0.4 is 5.32 Å². The Kier molecular flexibility index (Phi) is 6.23. The summed E-state index contributed by atoms with van der Waals surface area (Å²) in [5.41, 5.74) is 0.413. The Bertz CT molecular complexity index is 556. The lowest BCUT2D eigenvalue weighted by molar-refractivity contribution is -0.151. The van der Waals surface area contributed by atoms with Gasteiger partial charge in [-0.15, -0.1) is 0 Å². The highest BCUT2D eigenvalue weighted by Gasteiger charge is 2.37. The number of carbonyl (C=O) groups excluding carboxylic acids is 1. The van der Waals surface area contributed by atoms with Crippen molar-refractivity contribution in [2.24, 2.45) is 5.41 Å². The molecule has 1 rings (SSSR count). The van der Waals surface area contributed by atoms with Gasteiger partial charge in [0, 0.05) is 15.9 Å². The number of benzene rings is 1. The third-order valence-electron chi connectivity index (χ3n) is 3.83. The zero-order valence-electron chi connectivity index (χ0n) is 12.3. The van der Waals surface area contributed by atoms with Crippen LogP contribution in [0.15, 0.2) is 16.6 Å². The molecule has 2 N–H and O–H groups in total. The summed E-state index contributed by atoms with van der Waals surface area (Å²) in [5, 5.41) is 12.6. The Hall–Kier alpha value is -1.07. The van der Waals surface area contributed by atoms with Crippen LogP contribution in [-0.4, -0.2) is 17.0 Å². The van der Waals surface area contributed by atoms with Crippen molar-refractivity contribution < 1.29 is 14.7 Å². The van der Waals surface area contributed by atoms with Crippen molar-refractivity contribution in [2.45, 2.75) is 40.0 Å². The first-order chi connectivity index (χ1) is 9.75. The highest BCUT2D eigenvalue weighted by Crippen LogP contribution is 2.33. The minimum absolute atomic E-state index is 0.0622. The summed E-state index contributed by atoms with van der Waals surface area (Å²) in [6, 6.07) is 3.46. The summed E-state index contributed by atoms with van der Waals surface area (Å²) in [4.78, 5) is 23.6. The molecule has 0 bridgehead atoms. The number of aliphatic carboxylic acids is 1. The molecular weight excluding hydrogens is 358 g/mol. The topological polar surface area (TPSA) is 66.4 Å². The van der Waals surface area contributed by atoms with Crippen LogP contribution in [0.5, 0.6) is 0 Å². The smallest absolute Gasteiger partial charge is 0.310 e. The molecule has 0 radical (unpaired) electrons. The van der Waals surface area contributed by atoms with Gasteiger partial charge >= 0.3 is 5.97 Å². The molecule has 1 aromatic carbocycles. The van der Waals surface area contributed by atoms with Crippen molar-refractivity contribution in [1.82, 2.24) is 0 Å². The Labute approximate surface area is 138 Å². The highest BCUT2D eigenvalue weighted by molar-refractivity contribution is 9.10. The molecule has 0 aromatic heterocycles. The largest absolute Gasteiger partial charge is 0.481 e. The Balaban J connectivity index is 2.92. The summed E-state index contributed by atoms with van der Waals surface area (Å²) in [6.45, 7) is 5.43. The zero-order chi connectivity index (χ0) is 16.2. The van der Waals surface area contributed by atoms with E-state index >= 15 is 0 Å². The van der Waals surface area contributed by atoms with Crippen LogP contribution in [0.1, 0.15) is 38.7 Å². The molecule has 6 heteroatoms. The van der Waals surface area contributed by atoms with E-state index in [1.54, 1.807) is 19.9 Å². The van der Waals surface area contributed by atoms with Crippen LogP contribution in [0.3, 0.4) is 0 Å². The summed E-state index contributed by atoms with van der Waals surface area (Å²) in [7, 11) is 0. The van der Waals surface area contributed by atoms with Crippen LogP contribution in [-0.2, 0) is 9.59 Å². The fourth-order valence-electron chi connectivity index (χ4n) is 2.12. The normalized spacial score (nSPS) is 11.3.